The first-order valence-corrected chi connectivity index (χ1v) is 4.74. The number of nitrogen functional groups attached to an aromatic ring is 1. The molecule has 2 N–H and O–H groups in total. The van der Waals surface area contributed by atoms with Crippen LogP contribution in [-0.2, 0) is 6.42 Å². The molecule has 3 aromatic rings. The van der Waals surface area contributed by atoms with Crippen LogP contribution in [0.1, 0.15) is 11.6 Å². The molecule has 3 rings (SSSR count). The molecule has 0 aliphatic carbocycles. The van der Waals surface area contributed by atoms with Gasteiger partial charge in [0.15, 0.2) is 5.58 Å². The lowest BCUT2D eigenvalue weighted by Gasteiger charge is -1.89. The summed E-state index contributed by atoms with van der Waals surface area (Å²) in [5.41, 5.74) is 6.84. The van der Waals surface area contributed by atoms with E-state index in [0.717, 1.165) is 16.7 Å². The van der Waals surface area contributed by atoms with E-state index >= 15 is 0 Å². The van der Waals surface area contributed by atoms with Crippen LogP contribution >= 0.6 is 0 Å². The highest BCUT2D eigenvalue weighted by atomic mass is 16.5. The third kappa shape index (κ3) is 1.40. The molecule has 0 bridgehead atoms. The van der Waals surface area contributed by atoms with Gasteiger partial charge in [-0.2, -0.15) is 0 Å². The SMILES string of the molecule is Nc1nnc(Cc2noc3ccccc23)o1. The van der Waals surface area contributed by atoms with Gasteiger partial charge < -0.3 is 14.7 Å². The lowest BCUT2D eigenvalue weighted by Crippen LogP contribution is -1.88. The predicted octanol–water partition coefficient (Wildman–Crippen LogP) is 1.38. The Morgan fingerprint density at radius 1 is 1.19 bits per heavy atom. The maximum absolute atomic E-state index is 5.34. The quantitative estimate of drug-likeness (QED) is 0.695. The van der Waals surface area contributed by atoms with Crippen LogP contribution in [0.2, 0.25) is 0 Å². The van der Waals surface area contributed by atoms with Gasteiger partial charge >= 0.3 is 6.01 Å². The number of anilines is 1. The van der Waals surface area contributed by atoms with E-state index < -0.39 is 0 Å². The fourth-order valence-corrected chi connectivity index (χ4v) is 1.55. The van der Waals surface area contributed by atoms with Crippen LogP contribution in [0.4, 0.5) is 6.01 Å². The Morgan fingerprint density at radius 2 is 2.06 bits per heavy atom. The Kier molecular flexibility index (Phi) is 1.86. The van der Waals surface area contributed by atoms with Crippen molar-refractivity contribution in [2.24, 2.45) is 0 Å². The topological polar surface area (TPSA) is 91.0 Å². The molecule has 80 valence electrons. The minimum atomic E-state index is 0.0581. The average molecular weight is 216 g/mol. The second-order valence-electron chi connectivity index (χ2n) is 3.34. The molecule has 6 heteroatoms. The molecule has 0 amide bonds. The molecular weight excluding hydrogens is 208 g/mol. The Hall–Kier alpha value is -2.37. The molecule has 0 radical (unpaired) electrons. The second kappa shape index (κ2) is 3.34. The van der Waals surface area contributed by atoms with E-state index in [9.17, 15) is 0 Å². The maximum atomic E-state index is 5.34. The number of hydrogen-bond acceptors (Lipinski definition) is 6. The van der Waals surface area contributed by atoms with Crippen molar-refractivity contribution in [2.45, 2.75) is 6.42 Å². The van der Waals surface area contributed by atoms with E-state index in [1.807, 2.05) is 24.3 Å². The summed E-state index contributed by atoms with van der Waals surface area (Å²) in [5.74, 6) is 0.427. The number of fused-ring (bicyclic) bond motifs is 1. The lowest BCUT2D eigenvalue weighted by atomic mass is 10.2. The van der Waals surface area contributed by atoms with E-state index in [1.54, 1.807) is 0 Å². The van der Waals surface area contributed by atoms with Crippen LogP contribution < -0.4 is 5.73 Å². The van der Waals surface area contributed by atoms with Crippen molar-refractivity contribution in [1.29, 1.82) is 0 Å². The number of aromatic nitrogens is 3. The van der Waals surface area contributed by atoms with E-state index in [0.29, 0.717) is 12.3 Å². The number of hydrogen-bond donors (Lipinski definition) is 1. The summed E-state index contributed by atoms with van der Waals surface area (Å²) in [5, 5.41) is 12.3. The molecule has 0 spiro atoms. The van der Waals surface area contributed by atoms with Crippen LogP contribution in [0.25, 0.3) is 11.0 Å². The molecule has 0 aliphatic rings. The summed E-state index contributed by atoms with van der Waals surface area (Å²) >= 11 is 0. The predicted molar refractivity (Wildman–Crippen MR) is 55.5 cm³/mol. The fraction of sp³-hybridized carbons (Fsp3) is 0.100. The van der Waals surface area contributed by atoms with Crippen molar-refractivity contribution in [3.05, 3.63) is 35.9 Å². The molecule has 16 heavy (non-hydrogen) atoms. The van der Waals surface area contributed by atoms with E-state index in [1.165, 1.54) is 0 Å². The number of rotatable bonds is 2. The normalized spacial score (nSPS) is 11.0. The molecule has 2 aromatic heterocycles. The Labute approximate surface area is 90.0 Å². The summed E-state index contributed by atoms with van der Waals surface area (Å²) in [7, 11) is 0. The van der Waals surface area contributed by atoms with E-state index in [-0.39, 0.29) is 6.01 Å². The van der Waals surface area contributed by atoms with Gasteiger partial charge in [-0.05, 0) is 12.1 Å². The summed E-state index contributed by atoms with van der Waals surface area (Å²) in [4.78, 5) is 0. The molecule has 1 aromatic carbocycles. The smallest absolute Gasteiger partial charge is 0.312 e. The maximum Gasteiger partial charge on any atom is 0.312 e. The summed E-state index contributed by atoms with van der Waals surface area (Å²) in [6, 6.07) is 7.66. The van der Waals surface area contributed by atoms with Crippen molar-refractivity contribution in [1.82, 2.24) is 15.4 Å². The summed E-state index contributed by atoms with van der Waals surface area (Å²) < 4.78 is 10.2. The molecule has 0 aliphatic heterocycles. The van der Waals surface area contributed by atoms with Crippen molar-refractivity contribution in [3.63, 3.8) is 0 Å². The third-order valence-electron chi connectivity index (χ3n) is 2.25. The van der Waals surface area contributed by atoms with Crippen molar-refractivity contribution >= 4 is 17.0 Å². The van der Waals surface area contributed by atoms with Crippen LogP contribution in [-0.4, -0.2) is 15.4 Å². The monoisotopic (exact) mass is 216 g/mol. The number of benzene rings is 1. The fourth-order valence-electron chi connectivity index (χ4n) is 1.55. The van der Waals surface area contributed by atoms with Gasteiger partial charge in [0.1, 0.15) is 5.69 Å². The number of para-hydroxylation sites is 1. The average Bonchev–Trinajstić information content (AvgIpc) is 2.87. The zero-order valence-corrected chi connectivity index (χ0v) is 8.25. The van der Waals surface area contributed by atoms with Crippen LogP contribution in [0.15, 0.2) is 33.2 Å². The highest BCUT2D eigenvalue weighted by molar-refractivity contribution is 5.79. The summed E-state index contributed by atoms with van der Waals surface area (Å²) in [6.45, 7) is 0. The van der Waals surface area contributed by atoms with Gasteiger partial charge in [-0.25, -0.2) is 0 Å². The molecule has 6 nitrogen and oxygen atoms in total. The number of nitrogens with zero attached hydrogens (tertiary/aromatic N) is 3. The third-order valence-corrected chi connectivity index (χ3v) is 2.25. The van der Waals surface area contributed by atoms with Crippen molar-refractivity contribution in [3.8, 4) is 0 Å². The zero-order valence-electron chi connectivity index (χ0n) is 8.25. The lowest BCUT2D eigenvalue weighted by molar-refractivity contribution is 0.441. The zero-order chi connectivity index (χ0) is 11.0. The van der Waals surface area contributed by atoms with Gasteiger partial charge in [0, 0.05) is 5.39 Å². The highest BCUT2D eigenvalue weighted by Gasteiger charge is 2.11. The Morgan fingerprint density at radius 3 is 2.88 bits per heavy atom. The van der Waals surface area contributed by atoms with Gasteiger partial charge in [0.2, 0.25) is 5.89 Å². The van der Waals surface area contributed by atoms with Crippen LogP contribution in [0.5, 0.6) is 0 Å². The molecule has 0 saturated carbocycles. The molecule has 0 fully saturated rings. The Bertz CT molecular complexity index is 628. The Balaban J connectivity index is 2.00. The molecule has 0 atom stereocenters. The first-order chi connectivity index (χ1) is 7.83. The minimum Gasteiger partial charge on any atom is -0.408 e. The van der Waals surface area contributed by atoms with Crippen LogP contribution in [0.3, 0.4) is 0 Å². The van der Waals surface area contributed by atoms with Crippen LogP contribution in [0, 0.1) is 0 Å². The van der Waals surface area contributed by atoms with E-state index in [4.69, 9.17) is 14.7 Å². The highest BCUT2D eigenvalue weighted by Crippen LogP contribution is 2.20. The van der Waals surface area contributed by atoms with E-state index in [2.05, 4.69) is 15.4 Å². The van der Waals surface area contributed by atoms with Gasteiger partial charge in [-0.1, -0.05) is 22.4 Å². The molecule has 0 saturated heterocycles. The largest absolute Gasteiger partial charge is 0.408 e. The first kappa shape index (κ1) is 8.90. The minimum absolute atomic E-state index is 0.0581. The van der Waals surface area contributed by atoms with Gasteiger partial charge in [-0.15, -0.1) is 5.10 Å². The summed E-state index contributed by atoms with van der Waals surface area (Å²) in [6.07, 6.45) is 0.418. The van der Waals surface area contributed by atoms with Gasteiger partial charge in [0.05, 0.1) is 6.42 Å². The standard InChI is InChI=1S/C10H8N4O2/c11-10-13-12-9(15-10)5-7-6-3-1-2-4-8(6)16-14-7/h1-4H,5H2,(H2,11,13). The van der Waals surface area contributed by atoms with Gasteiger partial charge in [0.25, 0.3) is 0 Å². The molecule has 0 unspecified atom stereocenters. The number of nitrogens with two attached hydrogens (primary N) is 1. The van der Waals surface area contributed by atoms with Crippen molar-refractivity contribution in [2.75, 3.05) is 5.73 Å². The van der Waals surface area contributed by atoms with Crippen molar-refractivity contribution < 1.29 is 8.94 Å². The molecular formula is C10H8N4O2. The molecule has 2 heterocycles. The first-order valence-electron chi connectivity index (χ1n) is 4.74. The van der Waals surface area contributed by atoms with Gasteiger partial charge in [-0.3, -0.25) is 0 Å². The second-order valence-corrected chi connectivity index (χ2v) is 3.34.